The number of piperidine rings is 1. The van der Waals surface area contributed by atoms with Gasteiger partial charge in [0.25, 0.3) is 0 Å². The van der Waals surface area contributed by atoms with Crippen LogP contribution in [0.1, 0.15) is 24.2 Å². The third-order valence-corrected chi connectivity index (χ3v) is 3.42. The Morgan fingerprint density at radius 3 is 2.65 bits per heavy atom. The highest BCUT2D eigenvalue weighted by Crippen LogP contribution is 2.19. The Balaban J connectivity index is 1.90. The molecule has 2 heterocycles. The summed E-state index contributed by atoms with van der Waals surface area (Å²) < 4.78 is 1.90. The summed E-state index contributed by atoms with van der Waals surface area (Å²) >= 11 is 0. The molecule has 2 rings (SSSR count). The maximum Gasteiger partial charge on any atom is 0.306 e. The Morgan fingerprint density at radius 2 is 2.18 bits per heavy atom. The van der Waals surface area contributed by atoms with Crippen LogP contribution >= 0.6 is 0 Å². The summed E-state index contributed by atoms with van der Waals surface area (Å²) in [5.41, 5.74) is 2.22. The maximum atomic E-state index is 10.8. The second kappa shape index (κ2) is 4.87. The molecule has 0 bridgehead atoms. The van der Waals surface area contributed by atoms with Crippen molar-refractivity contribution in [1.82, 2.24) is 14.7 Å². The summed E-state index contributed by atoms with van der Waals surface area (Å²) in [5, 5.41) is 13.2. The molecule has 5 nitrogen and oxygen atoms in total. The highest BCUT2D eigenvalue weighted by Gasteiger charge is 2.24. The average molecular weight is 237 g/mol. The third kappa shape index (κ3) is 2.85. The van der Waals surface area contributed by atoms with E-state index < -0.39 is 5.97 Å². The van der Waals surface area contributed by atoms with Gasteiger partial charge in [0.1, 0.15) is 0 Å². The number of rotatable bonds is 3. The van der Waals surface area contributed by atoms with Gasteiger partial charge in [-0.1, -0.05) is 0 Å². The number of nitrogens with zero attached hydrogens (tertiary/aromatic N) is 3. The van der Waals surface area contributed by atoms with E-state index in [4.69, 9.17) is 5.11 Å². The van der Waals surface area contributed by atoms with Gasteiger partial charge >= 0.3 is 5.97 Å². The summed E-state index contributed by atoms with van der Waals surface area (Å²) in [6, 6.07) is 2.09. The van der Waals surface area contributed by atoms with Gasteiger partial charge in [-0.25, -0.2) is 0 Å². The summed E-state index contributed by atoms with van der Waals surface area (Å²) in [6.07, 6.45) is 1.51. The Morgan fingerprint density at radius 1 is 1.53 bits per heavy atom. The molecule has 0 aliphatic carbocycles. The second-order valence-electron chi connectivity index (χ2n) is 4.79. The number of carboxylic acid groups (broad SMARTS) is 1. The number of aromatic nitrogens is 2. The molecule has 1 aromatic heterocycles. The highest BCUT2D eigenvalue weighted by molar-refractivity contribution is 5.70. The van der Waals surface area contributed by atoms with Gasteiger partial charge in [0.2, 0.25) is 0 Å². The first kappa shape index (κ1) is 12.1. The van der Waals surface area contributed by atoms with Crippen molar-refractivity contribution in [1.29, 1.82) is 0 Å². The Kier molecular flexibility index (Phi) is 3.47. The lowest BCUT2D eigenvalue weighted by molar-refractivity contribution is -0.143. The minimum absolute atomic E-state index is 0.153. The standard InChI is InChI=1S/C12H19N3O2/c1-9-7-11(14(2)13-9)8-15-5-3-10(4-6-15)12(16)17/h7,10H,3-6,8H2,1-2H3,(H,16,17). The van der Waals surface area contributed by atoms with E-state index in [-0.39, 0.29) is 5.92 Å². The smallest absolute Gasteiger partial charge is 0.306 e. The van der Waals surface area contributed by atoms with Crippen LogP contribution in [0.3, 0.4) is 0 Å². The first-order valence-corrected chi connectivity index (χ1v) is 6.01. The minimum Gasteiger partial charge on any atom is -0.481 e. The molecule has 0 amide bonds. The van der Waals surface area contributed by atoms with Gasteiger partial charge in [-0.05, 0) is 38.9 Å². The lowest BCUT2D eigenvalue weighted by Crippen LogP contribution is -2.36. The van der Waals surface area contributed by atoms with Crippen LogP contribution in [0.5, 0.6) is 0 Å². The number of carbonyl (C=O) groups is 1. The number of hydrogen-bond donors (Lipinski definition) is 1. The monoisotopic (exact) mass is 237 g/mol. The molecule has 0 aromatic carbocycles. The lowest BCUT2D eigenvalue weighted by atomic mass is 9.97. The highest BCUT2D eigenvalue weighted by atomic mass is 16.4. The van der Waals surface area contributed by atoms with Crippen LogP contribution < -0.4 is 0 Å². The third-order valence-electron chi connectivity index (χ3n) is 3.42. The summed E-state index contributed by atoms with van der Waals surface area (Å²) in [5.74, 6) is -0.805. The van der Waals surface area contributed by atoms with E-state index >= 15 is 0 Å². The average Bonchev–Trinajstić information content (AvgIpc) is 2.58. The molecule has 0 spiro atoms. The first-order valence-electron chi connectivity index (χ1n) is 6.01. The summed E-state index contributed by atoms with van der Waals surface area (Å²) in [7, 11) is 1.95. The number of likely N-dealkylation sites (tertiary alicyclic amines) is 1. The van der Waals surface area contributed by atoms with Gasteiger partial charge in [0.15, 0.2) is 0 Å². The van der Waals surface area contributed by atoms with Crippen molar-refractivity contribution in [3.05, 3.63) is 17.5 Å². The number of aryl methyl sites for hydroxylation is 2. The summed E-state index contributed by atoms with van der Waals surface area (Å²) in [6.45, 7) is 4.58. The van der Waals surface area contributed by atoms with Gasteiger partial charge in [0, 0.05) is 13.6 Å². The van der Waals surface area contributed by atoms with Gasteiger partial charge < -0.3 is 5.11 Å². The molecule has 0 atom stereocenters. The number of carboxylic acids is 1. The van der Waals surface area contributed by atoms with E-state index in [1.165, 1.54) is 5.69 Å². The van der Waals surface area contributed by atoms with Crippen molar-refractivity contribution in [3.63, 3.8) is 0 Å². The van der Waals surface area contributed by atoms with Crippen LogP contribution in [0.4, 0.5) is 0 Å². The number of hydrogen-bond acceptors (Lipinski definition) is 3. The van der Waals surface area contributed by atoms with E-state index in [0.717, 1.165) is 38.2 Å². The zero-order valence-corrected chi connectivity index (χ0v) is 10.4. The molecule has 17 heavy (non-hydrogen) atoms. The van der Waals surface area contributed by atoms with E-state index in [2.05, 4.69) is 16.1 Å². The van der Waals surface area contributed by atoms with Crippen LogP contribution in [0, 0.1) is 12.8 Å². The first-order chi connectivity index (χ1) is 8.06. The van der Waals surface area contributed by atoms with Crippen LogP contribution in [-0.2, 0) is 18.4 Å². The fraction of sp³-hybridized carbons (Fsp3) is 0.667. The van der Waals surface area contributed by atoms with Crippen LogP contribution in [0.25, 0.3) is 0 Å². The van der Waals surface area contributed by atoms with Crippen molar-refractivity contribution in [3.8, 4) is 0 Å². The SMILES string of the molecule is Cc1cc(CN2CCC(C(=O)O)CC2)n(C)n1. The van der Waals surface area contributed by atoms with Crippen LogP contribution in [0.15, 0.2) is 6.07 Å². The molecule has 94 valence electrons. The molecule has 1 aliphatic rings. The van der Waals surface area contributed by atoms with E-state index in [1.807, 2.05) is 18.7 Å². The maximum absolute atomic E-state index is 10.8. The lowest BCUT2D eigenvalue weighted by Gasteiger charge is -2.29. The van der Waals surface area contributed by atoms with E-state index in [0.29, 0.717) is 0 Å². The van der Waals surface area contributed by atoms with Crippen molar-refractivity contribution in [2.45, 2.75) is 26.3 Å². The Bertz CT molecular complexity index is 406. The molecule has 0 unspecified atom stereocenters. The normalized spacial score (nSPS) is 18.5. The van der Waals surface area contributed by atoms with Crippen molar-refractivity contribution >= 4 is 5.97 Å². The molecular formula is C12H19N3O2. The molecule has 1 aromatic rings. The predicted octanol–water partition coefficient (Wildman–Crippen LogP) is 1.03. The molecule has 5 heteroatoms. The molecule has 1 N–H and O–H groups in total. The molecular weight excluding hydrogens is 218 g/mol. The zero-order chi connectivity index (χ0) is 12.4. The molecule has 0 radical (unpaired) electrons. The molecule has 1 saturated heterocycles. The van der Waals surface area contributed by atoms with Gasteiger partial charge in [0.05, 0.1) is 17.3 Å². The molecule has 1 fully saturated rings. The van der Waals surface area contributed by atoms with Gasteiger partial charge in [-0.15, -0.1) is 0 Å². The van der Waals surface area contributed by atoms with E-state index in [1.54, 1.807) is 0 Å². The second-order valence-corrected chi connectivity index (χ2v) is 4.79. The Hall–Kier alpha value is -1.36. The zero-order valence-electron chi connectivity index (χ0n) is 10.4. The van der Waals surface area contributed by atoms with Crippen LogP contribution in [-0.4, -0.2) is 38.8 Å². The predicted molar refractivity (Wildman–Crippen MR) is 63.6 cm³/mol. The fourth-order valence-electron chi connectivity index (χ4n) is 2.38. The molecule has 1 aliphatic heterocycles. The van der Waals surface area contributed by atoms with Crippen molar-refractivity contribution in [2.75, 3.05) is 13.1 Å². The van der Waals surface area contributed by atoms with E-state index in [9.17, 15) is 4.79 Å². The topological polar surface area (TPSA) is 58.4 Å². The molecule has 0 saturated carbocycles. The summed E-state index contributed by atoms with van der Waals surface area (Å²) in [4.78, 5) is 13.1. The fourth-order valence-corrected chi connectivity index (χ4v) is 2.38. The van der Waals surface area contributed by atoms with Crippen molar-refractivity contribution < 1.29 is 9.90 Å². The van der Waals surface area contributed by atoms with Gasteiger partial charge in [-0.2, -0.15) is 5.10 Å². The van der Waals surface area contributed by atoms with Crippen LogP contribution in [0.2, 0.25) is 0 Å². The Labute approximate surface area is 101 Å². The quantitative estimate of drug-likeness (QED) is 0.853. The van der Waals surface area contributed by atoms with Gasteiger partial charge in [-0.3, -0.25) is 14.4 Å². The largest absolute Gasteiger partial charge is 0.481 e. The number of aliphatic carboxylic acids is 1. The van der Waals surface area contributed by atoms with Crippen molar-refractivity contribution in [2.24, 2.45) is 13.0 Å². The minimum atomic E-state index is -0.652.